The van der Waals surface area contributed by atoms with Crippen LogP contribution < -0.4 is 14.9 Å². The van der Waals surface area contributed by atoms with Crippen molar-refractivity contribution in [2.75, 3.05) is 13.2 Å². The number of benzene rings is 2. The van der Waals surface area contributed by atoms with Gasteiger partial charge in [-0.3, -0.25) is 4.79 Å². The molecule has 2 aromatic rings. The molecule has 138 valence electrons. The fourth-order valence-corrected chi connectivity index (χ4v) is 2.53. The molecule has 6 nitrogen and oxygen atoms in total. The Morgan fingerprint density at radius 3 is 2.62 bits per heavy atom. The maximum atomic E-state index is 11.9. The van der Waals surface area contributed by atoms with Gasteiger partial charge in [0.25, 0.3) is 5.91 Å². The van der Waals surface area contributed by atoms with Gasteiger partial charge >= 0.3 is 0 Å². The van der Waals surface area contributed by atoms with Crippen molar-refractivity contribution in [2.45, 2.75) is 20.8 Å². The molecule has 0 aliphatic rings. The molecule has 2 N–H and O–H groups in total. The lowest BCUT2D eigenvalue weighted by molar-refractivity contribution is -0.123. The second-order valence-corrected chi connectivity index (χ2v) is 5.99. The number of phenolic OH excluding ortho intramolecular Hbond substituents is 1. The van der Waals surface area contributed by atoms with Crippen LogP contribution >= 0.6 is 11.6 Å². The average molecular weight is 377 g/mol. The van der Waals surface area contributed by atoms with E-state index in [9.17, 15) is 9.90 Å². The predicted molar refractivity (Wildman–Crippen MR) is 101 cm³/mol. The minimum absolute atomic E-state index is 0.128. The second kappa shape index (κ2) is 9.10. The first-order valence-corrected chi connectivity index (χ1v) is 8.46. The molecule has 0 aliphatic heterocycles. The molecule has 0 spiro atoms. The van der Waals surface area contributed by atoms with Gasteiger partial charge in [0.15, 0.2) is 18.1 Å². The van der Waals surface area contributed by atoms with E-state index in [1.54, 1.807) is 13.0 Å². The summed E-state index contributed by atoms with van der Waals surface area (Å²) in [6, 6.07) is 8.86. The van der Waals surface area contributed by atoms with E-state index in [1.807, 2.05) is 32.0 Å². The van der Waals surface area contributed by atoms with E-state index in [0.717, 1.165) is 11.1 Å². The van der Waals surface area contributed by atoms with Gasteiger partial charge in [-0.2, -0.15) is 5.10 Å². The maximum Gasteiger partial charge on any atom is 0.277 e. The molecule has 0 bridgehead atoms. The molecule has 0 radical (unpaired) electrons. The van der Waals surface area contributed by atoms with E-state index >= 15 is 0 Å². The van der Waals surface area contributed by atoms with Crippen molar-refractivity contribution in [3.63, 3.8) is 0 Å². The van der Waals surface area contributed by atoms with Crippen LogP contribution in [0.15, 0.2) is 35.4 Å². The average Bonchev–Trinajstić information content (AvgIpc) is 2.59. The third kappa shape index (κ3) is 5.13. The van der Waals surface area contributed by atoms with Crippen LogP contribution in [0.2, 0.25) is 5.02 Å². The van der Waals surface area contributed by atoms with Crippen LogP contribution in [0.5, 0.6) is 17.2 Å². The number of para-hydroxylation sites is 1. The summed E-state index contributed by atoms with van der Waals surface area (Å²) in [4.78, 5) is 11.9. The van der Waals surface area contributed by atoms with E-state index in [-0.39, 0.29) is 29.0 Å². The number of rotatable bonds is 7. The molecule has 2 aromatic carbocycles. The van der Waals surface area contributed by atoms with Crippen molar-refractivity contribution in [1.29, 1.82) is 0 Å². The monoisotopic (exact) mass is 376 g/mol. The van der Waals surface area contributed by atoms with Crippen LogP contribution in [0.25, 0.3) is 0 Å². The van der Waals surface area contributed by atoms with Crippen LogP contribution in [0, 0.1) is 13.8 Å². The van der Waals surface area contributed by atoms with Crippen molar-refractivity contribution >= 4 is 23.7 Å². The van der Waals surface area contributed by atoms with E-state index in [0.29, 0.717) is 17.9 Å². The fourth-order valence-electron chi connectivity index (χ4n) is 2.31. The lowest BCUT2D eigenvalue weighted by Crippen LogP contribution is -2.25. The Hall–Kier alpha value is -2.73. The molecule has 0 aromatic heterocycles. The van der Waals surface area contributed by atoms with Gasteiger partial charge < -0.3 is 14.6 Å². The highest BCUT2D eigenvalue weighted by Crippen LogP contribution is 2.34. The number of hydrogen-bond donors (Lipinski definition) is 2. The van der Waals surface area contributed by atoms with Gasteiger partial charge in [0.05, 0.1) is 17.8 Å². The molecule has 1 amide bonds. The number of hydrazone groups is 1. The van der Waals surface area contributed by atoms with Gasteiger partial charge in [-0.15, -0.1) is 0 Å². The summed E-state index contributed by atoms with van der Waals surface area (Å²) in [7, 11) is 0. The van der Waals surface area contributed by atoms with Crippen LogP contribution in [-0.2, 0) is 4.79 Å². The highest BCUT2D eigenvalue weighted by molar-refractivity contribution is 6.32. The first kappa shape index (κ1) is 19.6. The van der Waals surface area contributed by atoms with Gasteiger partial charge in [0, 0.05) is 0 Å². The number of nitrogens with one attached hydrogen (secondary N) is 1. The number of aryl methyl sites for hydroxylation is 2. The lowest BCUT2D eigenvalue weighted by atomic mass is 10.1. The molecule has 0 atom stereocenters. The SMILES string of the molecule is CCOc1cc(/C=N/NC(=O)COc2c(C)cccc2C)cc(Cl)c1O. The summed E-state index contributed by atoms with van der Waals surface area (Å²) in [6.07, 6.45) is 1.41. The molecule has 2 rings (SSSR count). The Labute approximate surface area is 157 Å². The van der Waals surface area contributed by atoms with Crippen LogP contribution in [0.4, 0.5) is 0 Å². The largest absolute Gasteiger partial charge is 0.503 e. The Kier molecular flexibility index (Phi) is 6.86. The molecule has 0 saturated heterocycles. The van der Waals surface area contributed by atoms with Crippen molar-refractivity contribution in [3.05, 3.63) is 52.0 Å². The van der Waals surface area contributed by atoms with Crippen molar-refractivity contribution in [3.8, 4) is 17.2 Å². The standard InChI is InChI=1S/C19H21ClN2O4/c1-4-25-16-9-14(8-15(20)18(16)24)10-21-22-17(23)11-26-19-12(2)6-5-7-13(19)3/h5-10,24H,4,11H2,1-3H3,(H,22,23)/b21-10+. The normalized spacial score (nSPS) is 10.8. The maximum absolute atomic E-state index is 11.9. The Morgan fingerprint density at radius 2 is 1.96 bits per heavy atom. The summed E-state index contributed by atoms with van der Waals surface area (Å²) in [5.41, 5.74) is 4.88. The molecule has 0 unspecified atom stereocenters. The number of halogens is 1. The predicted octanol–water partition coefficient (Wildman–Crippen LogP) is 3.59. The molecular formula is C19H21ClN2O4. The lowest BCUT2D eigenvalue weighted by Gasteiger charge is -2.10. The zero-order chi connectivity index (χ0) is 19.1. The minimum Gasteiger partial charge on any atom is -0.503 e. The van der Waals surface area contributed by atoms with Gasteiger partial charge in [0.2, 0.25) is 0 Å². The van der Waals surface area contributed by atoms with Crippen molar-refractivity contribution in [2.24, 2.45) is 5.10 Å². The summed E-state index contributed by atoms with van der Waals surface area (Å²) in [5.74, 6) is 0.431. The van der Waals surface area contributed by atoms with Crippen molar-refractivity contribution in [1.82, 2.24) is 5.43 Å². The quantitative estimate of drug-likeness (QED) is 0.571. The van der Waals surface area contributed by atoms with Crippen LogP contribution in [-0.4, -0.2) is 30.4 Å². The van der Waals surface area contributed by atoms with E-state index in [4.69, 9.17) is 21.1 Å². The molecule has 0 fully saturated rings. The van der Waals surface area contributed by atoms with Gasteiger partial charge in [-0.1, -0.05) is 29.8 Å². The first-order chi connectivity index (χ1) is 12.4. The third-order valence-corrected chi connectivity index (χ3v) is 3.80. The highest BCUT2D eigenvalue weighted by Gasteiger charge is 2.09. The minimum atomic E-state index is -0.390. The number of aromatic hydroxyl groups is 1. The Balaban J connectivity index is 1.95. The zero-order valence-corrected chi connectivity index (χ0v) is 15.6. The van der Waals surface area contributed by atoms with Crippen molar-refractivity contribution < 1.29 is 19.4 Å². The summed E-state index contributed by atoms with van der Waals surface area (Å²) in [5, 5.41) is 13.8. The summed E-state index contributed by atoms with van der Waals surface area (Å²) < 4.78 is 10.8. The van der Waals surface area contributed by atoms with E-state index < -0.39 is 0 Å². The van der Waals surface area contributed by atoms with Gasteiger partial charge in [-0.05, 0) is 49.6 Å². The number of carbonyl (C=O) groups is 1. The second-order valence-electron chi connectivity index (χ2n) is 5.59. The smallest absolute Gasteiger partial charge is 0.277 e. The Morgan fingerprint density at radius 1 is 1.27 bits per heavy atom. The van der Waals surface area contributed by atoms with Gasteiger partial charge in [0.1, 0.15) is 5.75 Å². The summed E-state index contributed by atoms with van der Waals surface area (Å²) >= 11 is 5.94. The molecule has 0 aliphatic carbocycles. The van der Waals surface area contributed by atoms with E-state index in [2.05, 4.69) is 10.5 Å². The van der Waals surface area contributed by atoms with Crippen LogP contribution in [0.3, 0.4) is 0 Å². The number of carbonyl (C=O) groups excluding carboxylic acids is 1. The fraction of sp³-hybridized carbons (Fsp3) is 0.263. The number of phenols is 1. The number of hydrogen-bond acceptors (Lipinski definition) is 5. The van der Waals surface area contributed by atoms with Gasteiger partial charge in [-0.25, -0.2) is 5.43 Å². The highest BCUT2D eigenvalue weighted by atomic mass is 35.5. The number of nitrogens with zero attached hydrogens (tertiary/aromatic N) is 1. The zero-order valence-electron chi connectivity index (χ0n) is 14.9. The summed E-state index contributed by atoms with van der Waals surface area (Å²) in [6.45, 7) is 5.87. The molecule has 0 saturated carbocycles. The molecule has 0 heterocycles. The first-order valence-electron chi connectivity index (χ1n) is 8.08. The topological polar surface area (TPSA) is 80.2 Å². The third-order valence-electron chi connectivity index (χ3n) is 3.51. The number of ether oxygens (including phenoxy) is 2. The molecule has 26 heavy (non-hydrogen) atoms. The van der Waals surface area contributed by atoms with E-state index in [1.165, 1.54) is 12.3 Å². The molecular weight excluding hydrogens is 356 g/mol. The number of amides is 1. The molecule has 7 heteroatoms. The Bertz CT molecular complexity index is 801. The van der Waals surface area contributed by atoms with Crippen LogP contribution in [0.1, 0.15) is 23.6 Å².